The van der Waals surface area contributed by atoms with E-state index < -0.39 is 6.10 Å². The fourth-order valence-electron chi connectivity index (χ4n) is 3.62. The number of aromatic nitrogens is 4. The van der Waals surface area contributed by atoms with Crippen molar-refractivity contribution in [2.24, 2.45) is 11.3 Å². The second-order valence-corrected chi connectivity index (χ2v) is 6.08. The van der Waals surface area contributed by atoms with E-state index >= 15 is 0 Å². The first kappa shape index (κ1) is 12.3. The Morgan fingerprint density at radius 3 is 2.95 bits per heavy atom. The Hall–Kier alpha value is -1.44. The zero-order chi connectivity index (χ0) is 14.1. The second kappa shape index (κ2) is 3.81. The average Bonchev–Trinajstić information content (AvgIpc) is 2.91. The van der Waals surface area contributed by atoms with Crippen molar-refractivity contribution in [3.05, 3.63) is 11.5 Å². The van der Waals surface area contributed by atoms with Gasteiger partial charge >= 0.3 is 0 Å². The molecule has 2 aliphatic rings. The van der Waals surface area contributed by atoms with E-state index in [4.69, 9.17) is 17.3 Å². The van der Waals surface area contributed by atoms with Crippen LogP contribution in [0.5, 0.6) is 0 Å². The fourth-order valence-corrected chi connectivity index (χ4v) is 3.84. The molecule has 0 spiro atoms. The van der Waals surface area contributed by atoms with Gasteiger partial charge < -0.3 is 20.5 Å². The highest BCUT2D eigenvalue weighted by atomic mass is 35.5. The Balaban J connectivity index is 1.81. The molecule has 7 nitrogen and oxygen atoms in total. The summed E-state index contributed by atoms with van der Waals surface area (Å²) < 4.78 is 1.90. The molecule has 0 radical (unpaired) electrons. The van der Waals surface area contributed by atoms with Gasteiger partial charge in [-0.3, -0.25) is 0 Å². The molecule has 2 saturated carbocycles. The van der Waals surface area contributed by atoms with E-state index in [1.54, 1.807) is 6.33 Å². The summed E-state index contributed by atoms with van der Waals surface area (Å²) in [5.74, 6) is 0.349. The Kier molecular flexibility index (Phi) is 2.34. The molecule has 2 heterocycles. The van der Waals surface area contributed by atoms with Gasteiger partial charge in [0.15, 0.2) is 10.8 Å². The van der Waals surface area contributed by atoms with Gasteiger partial charge in [0.1, 0.15) is 5.52 Å². The lowest BCUT2D eigenvalue weighted by Gasteiger charge is -2.16. The van der Waals surface area contributed by atoms with Crippen molar-refractivity contribution in [3.63, 3.8) is 0 Å². The van der Waals surface area contributed by atoms with Crippen LogP contribution < -0.4 is 5.73 Å². The number of nitrogen functional groups attached to an aromatic ring is 1. The molecule has 4 N–H and O–H groups in total. The summed E-state index contributed by atoms with van der Waals surface area (Å²) in [6.45, 7) is 0.0137. The first-order chi connectivity index (χ1) is 9.56. The maximum atomic E-state index is 10.2. The number of halogens is 1. The number of nitrogens with zero attached hydrogens (tertiary/aromatic N) is 4. The molecule has 0 saturated heterocycles. The molecule has 0 bridgehead atoms. The zero-order valence-electron chi connectivity index (χ0n) is 10.6. The van der Waals surface area contributed by atoms with Crippen molar-refractivity contribution in [1.82, 2.24) is 19.5 Å². The number of aliphatic hydroxyl groups excluding tert-OH is 2. The van der Waals surface area contributed by atoms with Gasteiger partial charge in [0.2, 0.25) is 5.95 Å². The SMILES string of the molecule is Nc1nc(Cl)c2ncn([C@H]3C[C@H](O)[C@@]4(CO)C[C@H]34)c2n1. The Labute approximate surface area is 119 Å². The molecule has 8 heteroatoms. The molecule has 0 aromatic carbocycles. The van der Waals surface area contributed by atoms with Gasteiger partial charge in [0.25, 0.3) is 0 Å². The van der Waals surface area contributed by atoms with Crippen molar-refractivity contribution >= 4 is 28.7 Å². The standard InChI is InChI=1S/C12H14ClN5O2/c13-9-8-10(17-11(14)16-9)18(4-15-8)6-1-7(20)12(3-19)2-5(6)12/h4-7,19-20H,1-3H2,(H2,14,16,17)/t5-,6+,7+,12-/m1/s1. The summed E-state index contributed by atoms with van der Waals surface area (Å²) in [4.78, 5) is 12.3. The van der Waals surface area contributed by atoms with Crippen LogP contribution in [0, 0.1) is 11.3 Å². The highest BCUT2D eigenvalue weighted by Crippen LogP contribution is 2.67. The lowest BCUT2D eigenvalue weighted by atomic mass is 10.0. The predicted octanol–water partition coefficient (Wildman–Crippen LogP) is 0.366. The molecule has 0 aliphatic heterocycles. The van der Waals surface area contributed by atoms with Crippen LogP contribution in [0.15, 0.2) is 6.33 Å². The third kappa shape index (κ3) is 1.40. The van der Waals surface area contributed by atoms with Crippen molar-refractivity contribution in [3.8, 4) is 0 Å². The van der Waals surface area contributed by atoms with Crippen molar-refractivity contribution in [2.75, 3.05) is 12.3 Å². The van der Waals surface area contributed by atoms with Gasteiger partial charge in [-0.15, -0.1) is 0 Å². The van der Waals surface area contributed by atoms with Crippen molar-refractivity contribution < 1.29 is 10.2 Å². The van der Waals surface area contributed by atoms with Gasteiger partial charge in [0.05, 0.1) is 19.0 Å². The first-order valence-corrected chi connectivity index (χ1v) is 6.89. The smallest absolute Gasteiger partial charge is 0.223 e. The van der Waals surface area contributed by atoms with Crippen LogP contribution in [-0.4, -0.2) is 42.4 Å². The van der Waals surface area contributed by atoms with E-state index in [1.807, 2.05) is 4.57 Å². The van der Waals surface area contributed by atoms with Crippen LogP contribution in [0.2, 0.25) is 5.15 Å². The first-order valence-electron chi connectivity index (χ1n) is 6.51. The number of rotatable bonds is 2. The maximum absolute atomic E-state index is 10.2. The number of nitrogens with two attached hydrogens (primary N) is 1. The summed E-state index contributed by atoms with van der Waals surface area (Å²) in [6, 6.07) is 0.0625. The van der Waals surface area contributed by atoms with Gasteiger partial charge in [0, 0.05) is 11.5 Å². The average molecular weight is 296 g/mol. The molecule has 2 aromatic heterocycles. The molecule has 2 fully saturated rings. The normalized spacial score (nSPS) is 35.5. The minimum absolute atomic E-state index is 0.0137. The number of anilines is 1. The van der Waals surface area contributed by atoms with Crippen LogP contribution in [-0.2, 0) is 0 Å². The van der Waals surface area contributed by atoms with Crippen LogP contribution >= 0.6 is 11.6 Å². The summed E-state index contributed by atoms with van der Waals surface area (Å²) in [7, 11) is 0. The molecular formula is C12H14ClN5O2. The van der Waals surface area contributed by atoms with Gasteiger partial charge in [-0.05, 0) is 18.8 Å². The van der Waals surface area contributed by atoms with Crippen LogP contribution in [0.3, 0.4) is 0 Å². The molecule has 0 amide bonds. The lowest BCUT2D eigenvalue weighted by molar-refractivity contribution is 0.0600. The van der Waals surface area contributed by atoms with Crippen LogP contribution in [0.1, 0.15) is 18.9 Å². The molecule has 0 unspecified atom stereocenters. The predicted molar refractivity (Wildman–Crippen MR) is 72.0 cm³/mol. The number of imidazole rings is 1. The minimum Gasteiger partial charge on any atom is -0.396 e. The summed E-state index contributed by atoms with van der Waals surface area (Å²) in [6.07, 6.45) is 2.57. The summed E-state index contributed by atoms with van der Waals surface area (Å²) in [5, 5.41) is 19.9. The quantitative estimate of drug-likeness (QED) is 0.690. The van der Waals surface area contributed by atoms with Crippen molar-refractivity contribution in [2.45, 2.75) is 25.0 Å². The maximum Gasteiger partial charge on any atom is 0.223 e. The number of aliphatic hydroxyl groups is 2. The topological polar surface area (TPSA) is 110 Å². The van der Waals surface area contributed by atoms with E-state index in [1.165, 1.54) is 0 Å². The fraction of sp³-hybridized carbons (Fsp3) is 0.583. The molecule has 4 rings (SSSR count). The van der Waals surface area contributed by atoms with E-state index in [0.717, 1.165) is 6.42 Å². The van der Waals surface area contributed by atoms with E-state index in [2.05, 4.69) is 15.0 Å². The number of hydrogen-bond acceptors (Lipinski definition) is 6. The van der Waals surface area contributed by atoms with E-state index in [9.17, 15) is 10.2 Å². The Morgan fingerprint density at radius 1 is 1.50 bits per heavy atom. The van der Waals surface area contributed by atoms with Gasteiger partial charge in [-0.2, -0.15) is 9.97 Å². The minimum atomic E-state index is -0.491. The molecule has 20 heavy (non-hydrogen) atoms. The van der Waals surface area contributed by atoms with E-state index in [0.29, 0.717) is 17.6 Å². The summed E-state index contributed by atoms with van der Waals surface area (Å²) >= 11 is 6.02. The van der Waals surface area contributed by atoms with Crippen LogP contribution in [0.25, 0.3) is 11.2 Å². The third-order valence-electron chi connectivity index (χ3n) is 4.82. The Morgan fingerprint density at radius 2 is 2.30 bits per heavy atom. The zero-order valence-corrected chi connectivity index (χ0v) is 11.3. The highest BCUT2D eigenvalue weighted by Gasteiger charge is 2.67. The highest BCUT2D eigenvalue weighted by molar-refractivity contribution is 6.33. The second-order valence-electron chi connectivity index (χ2n) is 5.72. The lowest BCUT2D eigenvalue weighted by Crippen LogP contribution is -2.22. The van der Waals surface area contributed by atoms with E-state index in [-0.39, 0.29) is 35.1 Å². The molecule has 106 valence electrons. The van der Waals surface area contributed by atoms with Crippen molar-refractivity contribution in [1.29, 1.82) is 0 Å². The molecule has 2 aliphatic carbocycles. The van der Waals surface area contributed by atoms with Gasteiger partial charge in [-0.1, -0.05) is 11.6 Å². The number of hydrogen-bond donors (Lipinski definition) is 3. The number of fused-ring (bicyclic) bond motifs is 2. The molecule has 2 aromatic rings. The molecule has 4 atom stereocenters. The summed E-state index contributed by atoms with van der Waals surface area (Å²) in [5.41, 5.74) is 6.39. The Bertz CT molecular complexity index is 704. The largest absolute Gasteiger partial charge is 0.396 e. The van der Waals surface area contributed by atoms with Crippen LogP contribution in [0.4, 0.5) is 5.95 Å². The monoisotopic (exact) mass is 295 g/mol. The molecular weight excluding hydrogens is 282 g/mol. The third-order valence-corrected chi connectivity index (χ3v) is 5.08. The van der Waals surface area contributed by atoms with Gasteiger partial charge in [-0.25, -0.2) is 4.98 Å².